The van der Waals surface area contributed by atoms with Crippen molar-refractivity contribution in [2.45, 2.75) is 37.9 Å². The molecule has 0 saturated heterocycles. The largest absolute Gasteiger partial charge is 0.486 e. The number of ether oxygens (including phenoxy) is 1. The van der Waals surface area contributed by atoms with Crippen LogP contribution in [0.1, 0.15) is 22.6 Å². The van der Waals surface area contributed by atoms with Crippen molar-refractivity contribution in [3.63, 3.8) is 0 Å². The zero-order valence-electron chi connectivity index (χ0n) is 17.6. The molecule has 2 aromatic carbocycles. The van der Waals surface area contributed by atoms with Crippen LogP contribution < -0.4 is 4.74 Å². The van der Waals surface area contributed by atoms with Crippen LogP contribution in [-0.2, 0) is 18.9 Å². The highest BCUT2D eigenvalue weighted by molar-refractivity contribution is 7.98. The smallest absolute Gasteiger partial charge is 0.191 e. The summed E-state index contributed by atoms with van der Waals surface area (Å²) in [5.74, 6) is 2.34. The van der Waals surface area contributed by atoms with Gasteiger partial charge in [0.25, 0.3) is 0 Å². The Labute approximate surface area is 190 Å². The summed E-state index contributed by atoms with van der Waals surface area (Å²) in [6, 6.07) is 16.5. The Morgan fingerprint density at radius 2 is 1.94 bits per heavy atom. The fourth-order valence-electron chi connectivity index (χ4n) is 3.04. The van der Waals surface area contributed by atoms with Gasteiger partial charge >= 0.3 is 0 Å². The lowest BCUT2D eigenvalue weighted by atomic mass is 10.2. The van der Waals surface area contributed by atoms with E-state index < -0.39 is 0 Å². The van der Waals surface area contributed by atoms with E-state index in [0.717, 1.165) is 44.3 Å². The highest BCUT2D eigenvalue weighted by atomic mass is 32.2. The van der Waals surface area contributed by atoms with E-state index in [-0.39, 0.29) is 0 Å². The highest BCUT2D eigenvalue weighted by Crippen LogP contribution is 2.28. The van der Waals surface area contributed by atoms with Crippen molar-refractivity contribution in [2.75, 3.05) is 0 Å². The van der Waals surface area contributed by atoms with Crippen LogP contribution in [0.2, 0.25) is 0 Å². The average molecular weight is 449 g/mol. The van der Waals surface area contributed by atoms with Crippen LogP contribution in [0.3, 0.4) is 0 Å². The third-order valence-electron chi connectivity index (χ3n) is 4.66. The van der Waals surface area contributed by atoms with Gasteiger partial charge in [0.15, 0.2) is 11.0 Å². The van der Waals surface area contributed by atoms with E-state index in [1.165, 1.54) is 5.56 Å². The first-order valence-corrected chi connectivity index (χ1v) is 11.9. The first-order valence-electron chi connectivity index (χ1n) is 9.99. The van der Waals surface area contributed by atoms with Crippen LogP contribution in [0, 0.1) is 13.8 Å². The predicted octanol–water partition coefficient (Wildman–Crippen LogP) is 6.08. The van der Waals surface area contributed by atoms with E-state index in [1.54, 1.807) is 23.1 Å². The first-order chi connectivity index (χ1) is 15.1. The van der Waals surface area contributed by atoms with Gasteiger partial charge in [-0.15, -0.1) is 28.1 Å². The molecule has 0 spiro atoms. The van der Waals surface area contributed by atoms with Crippen LogP contribution in [0.5, 0.6) is 5.75 Å². The quantitative estimate of drug-likeness (QED) is 0.230. The van der Waals surface area contributed by atoms with Gasteiger partial charge in [-0.25, -0.2) is 4.98 Å². The Morgan fingerprint density at radius 1 is 1.10 bits per heavy atom. The monoisotopic (exact) mass is 448 g/mol. The topological polar surface area (TPSA) is 52.8 Å². The molecule has 0 saturated carbocycles. The molecular weight excluding hydrogens is 424 g/mol. The molecule has 5 nitrogen and oxygen atoms in total. The minimum absolute atomic E-state index is 0.360. The number of hydrogen-bond donors (Lipinski definition) is 0. The van der Waals surface area contributed by atoms with Crippen molar-refractivity contribution in [1.82, 2.24) is 19.7 Å². The van der Waals surface area contributed by atoms with Crippen LogP contribution in [0.25, 0.3) is 10.6 Å². The molecule has 0 aliphatic carbocycles. The predicted molar refractivity (Wildman–Crippen MR) is 128 cm³/mol. The molecule has 0 fully saturated rings. The molecule has 0 aliphatic rings. The molecule has 2 aromatic heterocycles. The molecular formula is C24H24N4OS2. The lowest BCUT2D eigenvalue weighted by Gasteiger charge is -2.09. The Bertz CT molecular complexity index is 1160. The van der Waals surface area contributed by atoms with Crippen molar-refractivity contribution in [2.24, 2.45) is 0 Å². The SMILES string of the molecule is C=CCn1c(COc2cccc(C)c2)nnc1SCc1csc(-c2ccc(C)cc2)n1. The van der Waals surface area contributed by atoms with Gasteiger partial charge in [-0.3, -0.25) is 4.57 Å². The number of aromatic nitrogens is 4. The van der Waals surface area contributed by atoms with Gasteiger partial charge in [-0.2, -0.15) is 0 Å². The Morgan fingerprint density at radius 3 is 2.71 bits per heavy atom. The standard InChI is InChI=1S/C24H24N4OS2/c1-4-12-28-22(14-29-21-7-5-6-18(3)13-21)26-27-24(28)31-16-20-15-30-23(25-20)19-10-8-17(2)9-11-19/h4-11,13,15H,1,12,14,16H2,2-3H3. The van der Waals surface area contributed by atoms with E-state index in [9.17, 15) is 0 Å². The van der Waals surface area contributed by atoms with Gasteiger partial charge < -0.3 is 4.74 Å². The highest BCUT2D eigenvalue weighted by Gasteiger charge is 2.14. The number of allylic oxidation sites excluding steroid dienone is 1. The number of rotatable bonds is 9. The molecule has 0 N–H and O–H groups in total. The van der Waals surface area contributed by atoms with Crippen LogP contribution >= 0.6 is 23.1 Å². The number of thiazole rings is 1. The third kappa shape index (κ3) is 5.42. The van der Waals surface area contributed by atoms with Crippen LogP contribution in [-0.4, -0.2) is 19.7 Å². The third-order valence-corrected chi connectivity index (χ3v) is 6.60. The Kier molecular flexibility index (Phi) is 6.84. The molecule has 7 heteroatoms. The molecule has 31 heavy (non-hydrogen) atoms. The van der Waals surface area contributed by atoms with Crippen molar-refractivity contribution < 1.29 is 4.74 Å². The van der Waals surface area contributed by atoms with Gasteiger partial charge in [0.05, 0.1) is 5.69 Å². The van der Waals surface area contributed by atoms with Gasteiger partial charge in [0.1, 0.15) is 17.4 Å². The number of thioether (sulfide) groups is 1. The second-order valence-electron chi connectivity index (χ2n) is 7.20. The summed E-state index contributed by atoms with van der Waals surface area (Å²) >= 11 is 3.29. The van der Waals surface area contributed by atoms with Gasteiger partial charge in [0.2, 0.25) is 0 Å². The lowest BCUT2D eigenvalue weighted by Crippen LogP contribution is -2.07. The molecule has 0 atom stereocenters. The number of nitrogens with zero attached hydrogens (tertiary/aromatic N) is 4. The summed E-state index contributed by atoms with van der Waals surface area (Å²) in [5, 5.41) is 12.7. The second-order valence-corrected chi connectivity index (χ2v) is 9.00. The molecule has 4 rings (SSSR count). The fourth-order valence-corrected chi connectivity index (χ4v) is 4.83. The zero-order valence-corrected chi connectivity index (χ0v) is 19.2. The summed E-state index contributed by atoms with van der Waals surface area (Å²) < 4.78 is 7.96. The maximum absolute atomic E-state index is 5.92. The normalized spacial score (nSPS) is 10.9. The molecule has 0 bridgehead atoms. The average Bonchev–Trinajstić information content (AvgIpc) is 3.39. The van der Waals surface area contributed by atoms with E-state index in [4.69, 9.17) is 9.72 Å². The van der Waals surface area contributed by atoms with Gasteiger partial charge in [0, 0.05) is 23.2 Å². The van der Waals surface area contributed by atoms with Crippen molar-refractivity contribution in [3.8, 4) is 16.3 Å². The number of benzene rings is 2. The summed E-state index contributed by atoms with van der Waals surface area (Å²) in [6.45, 7) is 9.00. The van der Waals surface area contributed by atoms with E-state index in [2.05, 4.69) is 53.3 Å². The molecule has 0 unspecified atom stereocenters. The molecule has 158 valence electrons. The number of hydrogen-bond acceptors (Lipinski definition) is 6. The second kappa shape index (κ2) is 9.94. The van der Waals surface area contributed by atoms with Crippen molar-refractivity contribution in [1.29, 1.82) is 0 Å². The summed E-state index contributed by atoms with van der Waals surface area (Å²) in [7, 11) is 0. The minimum atomic E-state index is 0.360. The zero-order chi connectivity index (χ0) is 21.6. The number of aryl methyl sites for hydroxylation is 2. The van der Waals surface area contributed by atoms with E-state index >= 15 is 0 Å². The molecule has 0 aliphatic heterocycles. The summed E-state index contributed by atoms with van der Waals surface area (Å²) in [5.41, 5.74) is 4.60. The first kappa shape index (κ1) is 21.3. The lowest BCUT2D eigenvalue weighted by molar-refractivity contribution is 0.289. The summed E-state index contributed by atoms with van der Waals surface area (Å²) in [6.07, 6.45) is 1.85. The Balaban J connectivity index is 1.42. The van der Waals surface area contributed by atoms with Crippen molar-refractivity contribution in [3.05, 3.63) is 89.2 Å². The Hall–Kier alpha value is -2.90. The maximum atomic E-state index is 5.92. The van der Waals surface area contributed by atoms with Crippen LogP contribution in [0.15, 0.2) is 71.7 Å². The molecule has 0 radical (unpaired) electrons. The molecule has 4 aromatic rings. The van der Waals surface area contributed by atoms with Gasteiger partial charge in [-0.1, -0.05) is 59.8 Å². The van der Waals surface area contributed by atoms with Crippen LogP contribution in [0.4, 0.5) is 0 Å². The maximum Gasteiger partial charge on any atom is 0.191 e. The minimum Gasteiger partial charge on any atom is -0.486 e. The summed E-state index contributed by atoms with van der Waals surface area (Å²) in [4.78, 5) is 4.79. The van der Waals surface area contributed by atoms with E-state index in [0.29, 0.717) is 13.2 Å². The van der Waals surface area contributed by atoms with Gasteiger partial charge in [-0.05, 0) is 31.5 Å². The van der Waals surface area contributed by atoms with Crippen molar-refractivity contribution >= 4 is 23.1 Å². The fraction of sp³-hybridized carbons (Fsp3) is 0.208. The van der Waals surface area contributed by atoms with E-state index in [1.807, 2.05) is 41.8 Å². The molecule has 0 amide bonds. The molecule has 2 heterocycles.